The van der Waals surface area contributed by atoms with Crippen molar-refractivity contribution in [2.24, 2.45) is 0 Å². The lowest BCUT2D eigenvalue weighted by Crippen LogP contribution is -2.49. The molecule has 3 rings (SSSR count). The highest BCUT2D eigenvalue weighted by molar-refractivity contribution is 5.69. The molecule has 2 heterocycles. The number of carbonyl (C=O) groups excluding carboxylic acids is 1. The van der Waals surface area contributed by atoms with Gasteiger partial charge in [-0.2, -0.15) is 0 Å². The molecule has 4 nitrogen and oxygen atoms in total. The number of fused-ring (bicyclic) bond motifs is 1. The monoisotopic (exact) mass is 321 g/mol. The minimum atomic E-state index is -0.615. The largest absolute Gasteiger partial charge is 0.444 e. The molecule has 23 heavy (non-hydrogen) atoms. The molecule has 2 atom stereocenters. The third kappa shape index (κ3) is 2.94. The van der Waals surface area contributed by atoms with Gasteiger partial charge in [0.15, 0.2) is 0 Å². The number of amides is 1. The Balaban J connectivity index is 1.88. The Labute approximate surface area is 136 Å². The van der Waals surface area contributed by atoms with Gasteiger partial charge in [0.25, 0.3) is 0 Å². The average Bonchev–Trinajstić information content (AvgIpc) is 3.03. The van der Waals surface area contributed by atoms with Gasteiger partial charge in [0.1, 0.15) is 17.0 Å². The highest BCUT2D eigenvalue weighted by Crippen LogP contribution is 2.44. The van der Waals surface area contributed by atoms with Crippen LogP contribution in [-0.4, -0.2) is 29.2 Å². The quantitative estimate of drug-likeness (QED) is 0.785. The predicted octanol–water partition coefficient (Wildman–Crippen LogP) is 3.97. The molecule has 0 aliphatic carbocycles. The normalized spacial score (nSPS) is 27.2. The SMILES string of the molecule is CC(C)(C)OC(=O)N1CCC[C@@H]1C1(C)OCc2cc(F)ccc21. The molecule has 0 spiro atoms. The van der Waals surface area contributed by atoms with Crippen LogP contribution in [0.3, 0.4) is 0 Å². The third-order valence-corrected chi connectivity index (χ3v) is 4.65. The van der Waals surface area contributed by atoms with Crippen LogP contribution in [0.2, 0.25) is 0 Å². The first-order chi connectivity index (χ1) is 10.7. The van der Waals surface area contributed by atoms with Crippen molar-refractivity contribution in [2.75, 3.05) is 6.54 Å². The zero-order valence-corrected chi connectivity index (χ0v) is 14.2. The van der Waals surface area contributed by atoms with Gasteiger partial charge >= 0.3 is 6.09 Å². The van der Waals surface area contributed by atoms with Gasteiger partial charge in [-0.15, -0.1) is 0 Å². The van der Waals surface area contributed by atoms with Gasteiger partial charge in [-0.3, -0.25) is 0 Å². The number of carbonyl (C=O) groups is 1. The van der Waals surface area contributed by atoms with Crippen LogP contribution < -0.4 is 0 Å². The van der Waals surface area contributed by atoms with Gasteiger partial charge in [-0.05, 0) is 63.8 Å². The van der Waals surface area contributed by atoms with Crippen molar-refractivity contribution < 1.29 is 18.7 Å². The molecule has 1 saturated heterocycles. The van der Waals surface area contributed by atoms with E-state index in [1.54, 1.807) is 11.0 Å². The van der Waals surface area contributed by atoms with Crippen molar-refractivity contribution in [3.05, 3.63) is 35.1 Å². The molecule has 1 amide bonds. The van der Waals surface area contributed by atoms with Gasteiger partial charge < -0.3 is 14.4 Å². The van der Waals surface area contributed by atoms with Crippen molar-refractivity contribution in [1.82, 2.24) is 4.90 Å². The zero-order chi connectivity index (χ0) is 16.8. The van der Waals surface area contributed by atoms with E-state index in [0.29, 0.717) is 13.2 Å². The van der Waals surface area contributed by atoms with Gasteiger partial charge in [0, 0.05) is 6.54 Å². The van der Waals surface area contributed by atoms with E-state index in [9.17, 15) is 9.18 Å². The Kier molecular flexibility index (Phi) is 3.87. The molecule has 126 valence electrons. The second kappa shape index (κ2) is 5.48. The van der Waals surface area contributed by atoms with Crippen LogP contribution in [-0.2, 0) is 21.7 Å². The van der Waals surface area contributed by atoms with Crippen LogP contribution in [0, 0.1) is 5.82 Å². The van der Waals surface area contributed by atoms with Crippen molar-refractivity contribution in [3.63, 3.8) is 0 Å². The molecule has 1 aromatic carbocycles. The van der Waals surface area contributed by atoms with Crippen molar-refractivity contribution >= 4 is 6.09 Å². The minimum Gasteiger partial charge on any atom is -0.444 e. The summed E-state index contributed by atoms with van der Waals surface area (Å²) in [5.74, 6) is -0.257. The Morgan fingerprint density at radius 2 is 2.17 bits per heavy atom. The number of hydrogen-bond acceptors (Lipinski definition) is 3. The molecule has 2 aliphatic rings. The summed E-state index contributed by atoms with van der Waals surface area (Å²) in [6.07, 6.45) is 1.46. The van der Waals surface area contributed by atoms with E-state index in [0.717, 1.165) is 24.0 Å². The molecule has 0 aromatic heterocycles. The molecular formula is C18H24FNO3. The molecule has 0 N–H and O–H groups in total. The molecule has 1 unspecified atom stereocenters. The highest BCUT2D eigenvalue weighted by Gasteiger charge is 2.49. The van der Waals surface area contributed by atoms with Crippen LogP contribution in [0.15, 0.2) is 18.2 Å². The van der Waals surface area contributed by atoms with E-state index < -0.39 is 11.2 Å². The molecule has 2 aliphatic heterocycles. The van der Waals surface area contributed by atoms with Gasteiger partial charge in [0.05, 0.1) is 12.6 Å². The summed E-state index contributed by atoms with van der Waals surface area (Å²) in [4.78, 5) is 14.3. The number of likely N-dealkylation sites (tertiary alicyclic amines) is 1. The summed E-state index contributed by atoms with van der Waals surface area (Å²) in [6.45, 7) is 8.62. The molecule has 5 heteroatoms. The van der Waals surface area contributed by atoms with Crippen LogP contribution in [0.25, 0.3) is 0 Å². The topological polar surface area (TPSA) is 38.8 Å². The Morgan fingerprint density at radius 1 is 1.43 bits per heavy atom. The number of ether oxygens (including phenoxy) is 2. The second-order valence-electron chi connectivity index (χ2n) is 7.53. The first-order valence-corrected chi connectivity index (χ1v) is 8.13. The number of benzene rings is 1. The first-order valence-electron chi connectivity index (χ1n) is 8.13. The smallest absolute Gasteiger partial charge is 0.410 e. The fraction of sp³-hybridized carbons (Fsp3) is 0.611. The van der Waals surface area contributed by atoms with Crippen LogP contribution in [0.5, 0.6) is 0 Å². The Hall–Kier alpha value is -1.62. The summed E-state index contributed by atoms with van der Waals surface area (Å²) < 4.78 is 25.0. The fourth-order valence-electron chi connectivity index (χ4n) is 3.63. The minimum absolute atomic E-state index is 0.0935. The summed E-state index contributed by atoms with van der Waals surface area (Å²) in [5, 5.41) is 0. The molecule has 1 aromatic rings. The maximum absolute atomic E-state index is 13.4. The third-order valence-electron chi connectivity index (χ3n) is 4.65. The van der Waals surface area contributed by atoms with Gasteiger partial charge in [-0.1, -0.05) is 6.07 Å². The fourth-order valence-corrected chi connectivity index (χ4v) is 3.63. The van der Waals surface area contributed by atoms with E-state index in [1.165, 1.54) is 12.1 Å². The predicted molar refractivity (Wildman–Crippen MR) is 84.5 cm³/mol. The lowest BCUT2D eigenvalue weighted by Gasteiger charge is -2.38. The van der Waals surface area contributed by atoms with Crippen LogP contribution in [0.4, 0.5) is 9.18 Å². The summed E-state index contributed by atoms with van der Waals surface area (Å²) in [6, 6.07) is 4.67. The number of halogens is 1. The molecular weight excluding hydrogens is 297 g/mol. The second-order valence-corrected chi connectivity index (χ2v) is 7.53. The van der Waals surface area contributed by atoms with Crippen LogP contribution in [0.1, 0.15) is 51.7 Å². The lowest BCUT2D eigenvalue weighted by atomic mass is 9.86. The lowest BCUT2D eigenvalue weighted by molar-refractivity contribution is -0.0785. The average molecular weight is 321 g/mol. The Bertz CT molecular complexity index is 625. The number of rotatable bonds is 1. The summed E-state index contributed by atoms with van der Waals surface area (Å²) >= 11 is 0. The maximum atomic E-state index is 13.4. The van der Waals surface area contributed by atoms with E-state index in [-0.39, 0.29) is 18.0 Å². The van der Waals surface area contributed by atoms with E-state index in [4.69, 9.17) is 9.47 Å². The van der Waals surface area contributed by atoms with Crippen molar-refractivity contribution in [1.29, 1.82) is 0 Å². The molecule has 1 fully saturated rings. The molecule has 0 saturated carbocycles. The molecule has 0 bridgehead atoms. The van der Waals surface area contributed by atoms with E-state index >= 15 is 0 Å². The zero-order valence-electron chi connectivity index (χ0n) is 14.2. The number of hydrogen-bond donors (Lipinski definition) is 0. The summed E-state index contributed by atoms with van der Waals surface area (Å²) in [5.41, 5.74) is 0.696. The summed E-state index contributed by atoms with van der Waals surface area (Å²) in [7, 11) is 0. The van der Waals surface area contributed by atoms with Crippen molar-refractivity contribution in [3.8, 4) is 0 Å². The van der Waals surface area contributed by atoms with Gasteiger partial charge in [0.2, 0.25) is 0 Å². The van der Waals surface area contributed by atoms with Crippen LogP contribution >= 0.6 is 0 Å². The first kappa shape index (κ1) is 16.2. The van der Waals surface area contributed by atoms with Crippen molar-refractivity contribution in [2.45, 2.75) is 64.4 Å². The van der Waals surface area contributed by atoms with E-state index in [1.807, 2.05) is 27.7 Å². The number of nitrogens with zero attached hydrogens (tertiary/aromatic N) is 1. The Morgan fingerprint density at radius 3 is 2.87 bits per heavy atom. The standard InChI is InChI=1S/C18H24FNO3/c1-17(2,3)23-16(21)20-9-5-6-15(20)18(4)14-8-7-13(19)10-12(14)11-22-18/h7-8,10,15H,5-6,9,11H2,1-4H3/t15-,18?/m1/s1. The molecule has 0 radical (unpaired) electrons. The highest BCUT2D eigenvalue weighted by atomic mass is 19.1. The maximum Gasteiger partial charge on any atom is 0.410 e. The van der Waals surface area contributed by atoms with Gasteiger partial charge in [-0.25, -0.2) is 9.18 Å². The van der Waals surface area contributed by atoms with E-state index in [2.05, 4.69) is 0 Å².